The molecule has 1 rings (SSSR count). The van der Waals surface area contributed by atoms with Gasteiger partial charge in [-0.1, -0.05) is 0 Å². The normalized spacial score (nSPS) is 12.3. The van der Waals surface area contributed by atoms with Crippen LogP contribution in [0.2, 0.25) is 0 Å². The van der Waals surface area contributed by atoms with Gasteiger partial charge in [-0.3, -0.25) is 9.48 Å². The third-order valence-electron chi connectivity index (χ3n) is 2.01. The highest BCUT2D eigenvalue weighted by atomic mass is 19.4. The summed E-state index contributed by atoms with van der Waals surface area (Å²) in [5, 5.41) is 12.3. The highest BCUT2D eigenvalue weighted by Crippen LogP contribution is 2.36. The van der Waals surface area contributed by atoms with Crippen LogP contribution in [-0.4, -0.2) is 32.9 Å². The van der Waals surface area contributed by atoms with E-state index in [1.807, 2.05) is 0 Å². The molecule has 1 heterocycles. The van der Waals surface area contributed by atoms with E-state index in [0.29, 0.717) is 0 Å². The zero-order valence-electron chi connectivity index (χ0n) is 9.43. The number of carbonyl (C=O) groups excluding carboxylic acids is 1. The second kappa shape index (κ2) is 4.68. The minimum atomic E-state index is -5.48. The Balaban J connectivity index is 3.42. The van der Waals surface area contributed by atoms with Crippen molar-refractivity contribution in [3.05, 3.63) is 11.4 Å². The highest BCUT2D eigenvalue weighted by molar-refractivity contribution is 6.02. The average Bonchev–Trinajstić information content (AvgIpc) is 2.53. The van der Waals surface area contributed by atoms with Gasteiger partial charge in [0.1, 0.15) is 5.69 Å². The number of hydrogen-bond acceptors (Lipinski definition) is 3. The summed E-state index contributed by atoms with van der Waals surface area (Å²) in [7, 11) is 0.780. The second-order valence-electron chi connectivity index (χ2n) is 3.45. The van der Waals surface area contributed by atoms with Crippen LogP contribution in [0.5, 0.6) is 0 Å². The molecule has 0 unspecified atom stereocenters. The number of carbonyl (C=O) groups is 2. The van der Waals surface area contributed by atoms with Gasteiger partial charge in [0.15, 0.2) is 11.4 Å². The lowest BCUT2D eigenvalue weighted by Crippen LogP contribution is -2.31. The molecule has 0 atom stereocenters. The number of aromatic nitrogens is 2. The van der Waals surface area contributed by atoms with Crippen LogP contribution in [0.1, 0.15) is 16.2 Å². The van der Waals surface area contributed by atoms with Crippen LogP contribution in [0.25, 0.3) is 0 Å². The number of carboxylic acid groups (broad SMARTS) is 1. The molecule has 0 fully saturated rings. The molecule has 0 aromatic carbocycles. The van der Waals surface area contributed by atoms with E-state index < -0.39 is 41.3 Å². The van der Waals surface area contributed by atoms with Gasteiger partial charge in [0.2, 0.25) is 0 Å². The van der Waals surface area contributed by atoms with Gasteiger partial charge in [0.25, 0.3) is 0 Å². The number of halogens is 6. The lowest BCUT2D eigenvalue weighted by molar-refractivity contribution is -0.167. The van der Waals surface area contributed by atoms with Crippen molar-refractivity contribution in [2.24, 2.45) is 7.05 Å². The zero-order valence-corrected chi connectivity index (χ0v) is 9.43. The monoisotopic (exact) mass is 305 g/mol. The van der Waals surface area contributed by atoms with Crippen LogP contribution in [0.4, 0.5) is 32.0 Å². The Labute approximate surface area is 106 Å². The van der Waals surface area contributed by atoms with Gasteiger partial charge in [0.05, 0.1) is 0 Å². The third kappa shape index (κ3) is 3.00. The summed E-state index contributed by atoms with van der Waals surface area (Å²) in [6.07, 6.45) is -10.7. The molecule has 112 valence electrons. The lowest BCUT2D eigenvalue weighted by atomic mass is 10.2. The summed E-state index contributed by atoms with van der Waals surface area (Å²) in [5.74, 6) is -4.72. The molecule has 0 aliphatic carbocycles. The van der Waals surface area contributed by atoms with Crippen LogP contribution in [0, 0.1) is 0 Å². The molecule has 0 saturated carbocycles. The smallest absolute Gasteiger partial charge is 0.471 e. The predicted molar refractivity (Wildman–Crippen MR) is 49.9 cm³/mol. The standard InChI is InChI=1S/C8H5F6N3O3/c1-17-3(5(18)19)2(4(16-17)7(9,10)11)15-6(20)8(12,13)14/h1H3,(H,15,20)(H,18,19). The number of amides is 1. The second-order valence-corrected chi connectivity index (χ2v) is 3.45. The zero-order chi connectivity index (χ0) is 15.9. The number of nitrogens with one attached hydrogen (secondary N) is 1. The molecule has 0 aliphatic rings. The van der Waals surface area contributed by atoms with E-state index in [0.717, 1.165) is 12.4 Å². The quantitative estimate of drug-likeness (QED) is 0.814. The van der Waals surface area contributed by atoms with Crippen molar-refractivity contribution < 1.29 is 41.0 Å². The number of anilines is 1. The van der Waals surface area contributed by atoms with Crippen LogP contribution in [0.3, 0.4) is 0 Å². The maximum atomic E-state index is 12.6. The van der Waals surface area contributed by atoms with E-state index in [2.05, 4.69) is 5.10 Å². The maximum Gasteiger partial charge on any atom is 0.471 e. The molecule has 0 bridgehead atoms. The molecule has 0 aliphatic heterocycles. The number of rotatable bonds is 2. The number of alkyl halides is 6. The summed E-state index contributed by atoms with van der Waals surface area (Å²) < 4.78 is 74.0. The first-order valence-electron chi connectivity index (χ1n) is 4.61. The fourth-order valence-electron chi connectivity index (χ4n) is 1.27. The first-order chi connectivity index (χ1) is 8.85. The van der Waals surface area contributed by atoms with Crippen LogP contribution < -0.4 is 5.32 Å². The lowest BCUT2D eigenvalue weighted by Gasteiger charge is -2.10. The van der Waals surface area contributed by atoms with Crippen molar-refractivity contribution in [1.29, 1.82) is 0 Å². The molecule has 0 radical (unpaired) electrons. The van der Waals surface area contributed by atoms with Crippen molar-refractivity contribution in [2.75, 3.05) is 5.32 Å². The van der Waals surface area contributed by atoms with E-state index in [-0.39, 0.29) is 4.68 Å². The summed E-state index contributed by atoms with van der Waals surface area (Å²) in [4.78, 5) is 21.4. The van der Waals surface area contributed by atoms with E-state index in [1.165, 1.54) is 0 Å². The fraction of sp³-hybridized carbons (Fsp3) is 0.375. The summed E-state index contributed by atoms with van der Waals surface area (Å²) in [6, 6.07) is 0. The van der Waals surface area contributed by atoms with E-state index >= 15 is 0 Å². The number of hydrogen-bond donors (Lipinski definition) is 2. The van der Waals surface area contributed by atoms with E-state index in [1.54, 1.807) is 0 Å². The fourth-order valence-corrected chi connectivity index (χ4v) is 1.27. The van der Waals surface area contributed by atoms with Crippen molar-refractivity contribution in [1.82, 2.24) is 9.78 Å². The van der Waals surface area contributed by atoms with Gasteiger partial charge < -0.3 is 10.4 Å². The first-order valence-corrected chi connectivity index (χ1v) is 4.61. The molecule has 0 saturated heterocycles. The van der Waals surface area contributed by atoms with Crippen LogP contribution in [0.15, 0.2) is 0 Å². The largest absolute Gasteiger partial charge is 0.476 e. The maximum absolute atomic E-state index is 12.6. The van der Waals surface area contributed by atoms with Crippen LogP contribution >= 0.6 is 0 Å². The van der Waals surface area contributed by atoms with Crippen molar-refractivity contribution >= 4 is 17.6 Å². The Kier molecular flexibility index (Phi) is 3.70. The Bertz CT molecular complexity index is 559. The number of aromatic carboxylic acids is 1. The van der Waals surface area contributed by atoms with Crippen LogP contribution in [-0.2, 0) is 18.0 Å². The van der Waals surface area contributed by atoms with Gasteiger partial charge in [-0.2, -0.15) is 31.4 Å². The van der Waals surface area contributed by atoms with E-state index in [4.69, 9.17) is 5.11 Å². The first kappa shape index (κ1) is 15.8. The Morgan fingerprint density at radius 3 is 2.05 bits per heavy atom. The van der Waals surface area contributed by atoms with Gasteiger partial charge in [-0.25, -0.2) is 4.79 Å². The number of nitrogens with zero attached hydrogens (tertiary/aromatic N) is 2. The summed E-state index contributed by atoms with van der Waals surface area (Å²) >= 11 is 0. The van der Waals surface area contributed by atoms with Crippen molar-refractivity contribution in [3.63, 3.8) is 0 Å². The Morgan fingerprint density at radius 2 is 1.70 bits per heavy atom. The Hall–Kier alpha value is -2.27. The molecule has 2 N–H and O–H groups in total. The summed E-state index contributed by atoms with van der Waals surface area (Å²) in [6.45, 7) is 0. The topological polar surface area (TPSA) is 84.2 Å². The predicted octanol–water partition coefficient (Wildman–Crippen LogP) is 1.64. The minimum Gasteiger partial charge on any atom is -0.476 e. The molecule has 1 aromatic rings. The SMILES string of the molecule is Cn1nc(C(F)(F)F)c(NC(=O)C(F)(F)F)c1C(=O)O. The molecular formula is C8H5F6N3O3. The van der Waals surface area contributed by atoms with Gasteiger partial charge in [-0.15, -0.1) is 0 Å². The van der Waals surface area contributed by atoms with E-state index in [9.17, 15) is 35.9 Å². The number of carboxylic acids is 1. The highest BCUT2D eigenvalue weighted by Gasteiger charge is 2.45. The molecule has 12 heteroatoms. The average molecular weight is 305 g/mol. The van der Waals surface area contributed by atoms with Crippen molar-refractivity contribution in [3.8, 4) is 0 Å². The molecule has 0 spiro atoms. The van der Waals surface area contributed by atoms with Gasteiger partial charge >= 0.3 is 24.2 Å². The van der Waals surface area contributed by atoms with Gasteiger partial charge in [0, 0.05) is 7.05 Å². The molecule has 1 aromatic heterocycles. The third-order valence-corrected chi connectivity index (χ3v) is 2.01. The molecule has 20 heavy (non-hydrogen) atoms. The number of aryl methyl sites for hydroxylation is 1. The molecule has 6 nitrogen and oxygen atoms in total. The molecular weight excluding hydrogens is 300 g/mol. The Morgan fingerprint density at radius 1 is 1.20 bits per heavy atom. The summed E-state index contributed by atoms with van der Waals surface area (Å²) in [5.41, 5.74) is -4.72. The molecule has 1 amide bonds. The van der Waals surface area contributed by atoms with Gasteiger partial charge in [-0.05, 0) is 0 Å². The van der Waals surface area contributed by atoms with Crippen molar-refractivity contribution in [2.45, 2.75) is 12.4 Å². The minimum absolute atomic E-state index is 0.206.